The normalized spacial score (nSPS) is 15.1. The molecule has 2 aromatic carbocycles. The summed E-state index contributed by atoms with van der Waals surface area (Å²) in [6, 6.07) is 13.0. The lowest BCUT2D eigenvalue weighted by molar-refractivity contribution is -0.122. The number of hydrogen-bond acceptors (Lipinski definition) is 3. The number of nitrogens with one attached hydrogen (secondary N) is 1. The molecule has 0 aliphatic carbocycles. The molecule has 1 N–H and O–H groups in total. The molecule has 25 heavy (non-hydrogen) atoms. The summed E-state index contributed by atoms with van der Waals surface area (Å²) in [5.74, 6) is -0.388. The first-order valence-corrected chi connectivity index (χ1v) is 8.17. The van der Waals surface area contributed by atoms with Crippen molar-refractivity contribution in [2.75, 3.05) is 16.8 Å². The van der Waals surface area contributed by atoms with Gasteiger partial charge in [0.2, 0.25) is 5.91 Å². The summed E-state index contributed by atoms with van der Waals surface area (Å²) < 4.78 is 19.3. The molecular weight excluding hydrogens is 323 g/mol. The zero-order valence-corrected chi connectivity index (χ0v) is 13.9. The predicted octanol–water partition coefficient (Wildman–Crippen LogP) is 3.36. The van der Waals surface area contributed by atoms with Crippen molar-refractivity contribution in [3.63, 3.8) is 0 Å². The summed E-state index contributed by atoms with van der Waals surface area (Å²) in [6.07, 6.45) is 0.571. The Balaban J connectivity index is 1.66. The summed E-state index contributed by atoms with van der Waals surface area (Å²) >= 11 is 0. The number of hydrogen-bond donors (Lipinski definition) is 1. The number of para-hydroxylation sites is 1. The highest BCUT2D eigenvalue weighted by molar-refractivity contribution is 5.96. The lowest BCUT2D eigenvalue weighted by atomic mass is 10.2. The summed E-state index contributed by atoms with van der Waals surface area (Å²) in [5, 5.41) is 2.50. The fourth-order valence-electron chi connectivity index (χ4n) is 2.70. The lowest BCUT2D eigenvalue weighted by Gasteiger charge is -2.19. The second kappa shape index (κ2) is 7.34. The van der Waals surface area contributed by atoms with Crippen molar-refractivity contribution in [1.29, 1.82) is 0 Å². The molecule has 0 aromatic heterocycles. The number of benzene rings is 2. The molecule has 1 aliphatic heterocycles. The summed E-state index contributed by atoms with van der Waals surface area (Å²) in [4.78, 5) is 25.7. The van der Waals surface area contributed by atoms with Gasteiger partial charge in [-0.3, -0.25) is 9.59 Å². The van der Waals surface area contributed by atoms with E-state index in [4.69, 9.17) is 4.74 Å². The minimum Gasteiger partial charge on any atom is -0.481 e. The monoisotopic (exact) mass is 342 g/mol. The third-order valence-corrected chi connectivity index (χ3v) is 4.02. The van der Waals surface area contributed by atoms with Crippen LogP contribution in [0.15, 0.2) is 48.5 Å². The third kappa shape index (κ3) is 3.96. The fourth-order valence-corrected chi connectivity index (χ4v) is 2.70. The van der Waals surface area contributed by atoms with E-state index >= 15 is 0 Å². The number of amides is 2. The van der Waals surface area contributed by atoms with Gasteiger partial charge in [-0.05, 0) is 37.6 Å². The van der Waals surface area contributed by atoms with Crippen molar-refractivity contribution < 1.29 is 18.7 Å². The van der Waals surface area contributed by atoms with E-state index in [-0.39, 0.29) is 11.6 Å². The van der Waals surface area contributed by atoms with Gasteiger partial charge in [-0.2, -0.15) is 0 Å². The lowest BCUT2D eigenvalue weighted by Crippen LogP contribution is -2.30. The Bertz CT molecular complexity index is 794. The van der Waals surface area contributed by atoms with Crippen molar-refractivity contribution >= 4 is 23.2 Å². The molecule has 1 saturated heterocycles. The van der Waals surface area contributed by atoms with Gasteiger partial charge in [0.15, 0.2) is 6.10 Å². The van der Waals surface area contributed by atoms with Crippen LogP contribution in [0.4, 0.5) is 15.8 Å². The first-order chi connectivity index (χ1) is 12.0. The highest BCUT2D eigenvalue weighted by Crippen LogP contribution is 2.26. The van der Waals surface area contributed by atoms with E-state index in [9.17, 15) is 14.0 Å². The maximum atomic E-state index is 13.6. The molecule has 6 heteroatoms. The van der Waals surface area contributed by atoms with Crippen molar-refractivity contribution in [3.05, 3.63) is 54.3 Å². The molecule has 3 rings (SSSR count). The van der Waals surface area contributed by atoms with Crippen LogP contribution in [-0.4, -0.2) is 24.5 Å². The maximum Gasteiger partial charge on any atom is 0.265 e. The highest BCUT2D eigenvalue weighted by Gasteiger charge is 2.22. The van der Waals surface area contributed by atoms with E-state index in [0.29, 0.717) is 18.7 Å². The Morgan fingerprint density at radius 3 is 2.76 bits per heavy atom. The van der Waals surface area contributed by atoms with Crippen LogP contribution in [0.5, 0.6) is 5.75 Å². The molecule has 0 unspecified atom stereocenters. The Morgan fingerprint density at radius 2 is 2.04 bits per heavy atom. The summed E-state index contributed by atoms with van der Waals surface area (Å²) in [6.45, 7) is 2.27. The molecule has 0 radical (unpaired) electrons. The Labute approximate surface area is 145 Å². The number of carbonyl (C=O) groups is 2. The quantitative estimate of drug-likeness (QED) is 0.906. The molecule has 2 amide bonds. The standard InChI is InChI=1S/C19H19FN2O3/c1-13(19(24)21-17-9-3-2-8-16(17)20)25-15-7-4-6-14(12-15)22-11-5-10-18(22)23/h2-4,6-9,12-13H,5,10-11H2,1H3,(H,21,24)/t13-/m1/s1. The van der Waals surface area contributed by atoms with E-state index in [0.717, 1.165) is 12.1 Å². The Morgan fingerprint density at radius 1 is 1.24 bits per heavy atom. The third-order valence-electron chi connectivity index (χ3n) is 4.02. The van der Waals surface area contributed by atoms with Gasteiger partial charge in [0.25, 0.3) is 5.91 Å². The highest BCUT2D eigenvalue weighted by atomic mass is 19.1. The molecule has 2 aromatic rings. The fraction of sp³-hybridized carbons (Fsp3) is 0.263. The number of nitrogens with zero attached hydrogens (tertiary/aromatic N) is 1. The number of halogens is 1. The Kier molecular flexibility index (Phi) is 4.97. The first-order valence-electron chi connectivity index (χ1n) is 8.17. The zero-order chi connectivity index (χ0) is 17.8. The average Bonchev–Trinajstić information content (AvgIpc) is 3.03. The van der Waals surface area contributed by atoms with E-state index in [2.05, 4.69) is 5.32 Å². The molecule has 1 heterocycles. The van der Waals surface area contributed by atoms with E-state index in [1.54, 1.807) is 42.2 Å². The van der Waals surface area contributed by atoms with Crippen molar-refractivity contribution in [3.8, 4) is 5.75 Å². The average molecular weight is 342 g/mol. The molecular formula is C19H19FN2O3. The molecule has 1 atom stereocenters. The van der Waals surface area contributed by atoms with Gasteiger partial charge < -0.3 is 15.0 Å². The predicted molar refractivity (Wildman–Crippen MR) is 93.1 cm³/mol. The largest absolute Gasteiger partial charge is 0.481 e. The second-order valence-electron chi connectivity index (χ2n) is 5.88. The van der Waals surface area contributed by atoms with Crippen LogP contribution in [0.1, 0.15) is 19.8 Å². The Hall–Kier alpha value is -2.89. The second-order valence-corrected chi connectivity index (χ2v) is 5.88. The summed E-state index contributed by atoms with van der Waals surface area (Å²) in [7, 11) is 0. The van der Waals surface area contributed by atoms with Gasteiger partial charge in [-0.15, -0.1) is 0 Å². The number of rotatable bonds is 5. The van der Waals surface area contributed by atoms with E-state index in [1.165, 1.54) is 12.1 Å². The van der Waals surface area contributed by atoms with Gasteiger partial charge in [0.05, 0.1) is 5.69 Å². The molecule has 1 aliphatic rings. The first kappa shape index (κ1) is 17.0. The smallest absolute Gasteiger partial charge is 0.265 e. The van der Waals surface area contributed by atoms with Crippen LogP contribution in [0.25, 0.3) is 0 Å². The number of carbonyl (C=O) groups excluding carboxylic acids is 2. The molecule has 1 fully saturated rings. The SMILES string of the molecule is C[C@@H](Oc1cccc(N2CCCC2=O)c1)C(=O)Nc1ccccc1F. The van der Waals surface area contributed by atoms with Crippen molar-refractivity contribution in [2.45, 2.75) is 25.9 Å². The van der Waals surface area contributed by atoms with Gasteiger partial charge in [0, 0.05) is 24.7 Å². The van der Waals surface area contributed by atoms with Crippen molar-refractivity contribution in [2.24, 2.45) is 0 Å². The minimum atomic E-state index is -0.816. The molecule has 0 spiro atoms. The zero-order valence-electron chi connectivity index (χ0n) is 13.9. The molecule has 130 valence electrons. The van der Waals surface area contributed by atoms with Crippen LogP contribution >= 0.6 is 0 Å². The van der Waals surface area contributed by atoms with Crippen LogP contribution in [-0.2, 0) is 9.59 Å². The van der Waals surface area contributed by atoms with Crippen molar-refractivity contribution in [1.82, 2.24) is 0 Å². The van der Waals surface area contributed by atoms with E-state index in [1.807, 2.05) is 6.07 Å². The van der Waals surface area contributed by atoms with Gasteiger partial charge in [-0.1, -0.05) is 18.2 Å². The summed E-state index contributed by atoms with van der Waals surface area (Å²) in [5.41, 5.74) is 0.862. The van der Waals surface area contributed by atoms with Crippen LogP contribution < -0.4 is 15.0 Å². The van der Waals surface area contributed by atoms with Crippen LogP contribution in [0.2, 0.25) is 0 Å². The number of anilines is 2. The van der Waals surface area contributed by atoms with Crippen LogP contribution in [0.3, 0.4) is 0 Å². The topological polar surface area (TPSA) is 58.6 Å². The number of ether oxygens (including phenoxy) is 1. The van der Waals surface area contributed by atoms with Gasteiger partial charge in [-0.25, -0.2) is 4.39 Å². The molecule has 5 nitrogen and oxygen atoms in total. The van der Waals surface area contributed by atoms with Gasteiger partial charge >= 0.3 is 0 Å². The molecule has 0 saturated carbocycles. The van der Waals surface area contributed by atoms with Gasteiger partial charge in [0.1, 0.15) is 11.6 Å². The van der Waals surface area contributed by atoms with E-state index < -0.39 is 17.8 Å². The maximum absolute atomic E-state index is 13.6. The molecule has 0 bridgehead atoms. The minimum absolute atomic E-state index is 0.0856. The van der Waals surface area contributed by atoms with Crippen LogP contribution in [0, 0.1) is 5.82 Å².